The van der Waals surface area contributed by atoms with Gasteiger partial charge in [-0.1, -0.05) is 0 Å². The van der Waals surface area contributed by atoms with Gasteiger partial charge in [0, 0.05) is 18.7 Å². The Morgan fingerprint density at radius 1 is 1.33 bits per heavy atom. The highest BCUT2D eigenvalue weighted by molar-refractivity contribution is 4.80. The first-order valence-corrected chi connectivity index (χ1v) is 6.28. The van der Waals surface area contributed by atoms with E-state index in [-0.39, 0.29) is 0 Å². The SMILES string of the molecule is CC1CC(NCCCCCO)CCN1C. The predicted octanol–water partition coefficient (Wildman–Crippen LogP) is 1.22. The average Bonchev–Trinajstić information content (AvgIpc) is 2.23. The maximum Gasteiger partial charge on any atom is 0.0431 e. The van der Waals surface area contributed by atoms with Crippen LogP contribution < -0.4 is 5.32 Å². The van der Waals surface area contributed by atoms with Crippen LogP contribution >= 0.6 is 0 Å². The molecule has 1 aliphatic rings. The number of unbranched alkanes of at least 4 members (excludes halogenated alkanes) is 2. The normalized spacial score (nSPS) is 28.2. The molecule has 1 rings (SSSR count). The van der Waals surface area contributed by atoms with Gasteiger partial charge in [0.1, 0.15) is 0 Å². The van der Waals surface area contributed by atoms with Gasteiger partial charge >= 0.3 is 0 Å². The van der Waals surface area contributed by atoms with Crippen LogP contribution in [0.25, 0.3) is 0 Å². The van der Waals surface area contributed by atoms with Crippen molar-refractivity contribution in [3.8, 4) is 0 Å². The molecule has 1 saturated heterocycles. The Hall–Kier alpha value is -0.120. The molecule has 0 aliphatic carbocycles. The van der Waals surface area contributed by atoms with Crippen LogP contribution in [0.5, 0.6) is 0 Å². The molecule has 0 amide bonds. The minimum absolute atomic E-state index is 0.339. The van der Waals surface area contributed by atoms with Crippen molar-refractivity contribution in [1.82, 2.24) is 10.2 Å². The highest BCUT2D eigenvalue weighted by atomic mass is 16.2. The molecule has 1 aliphatic heterocycles. The van der Waals surface area contributed by atoms with E-state index in [0.717, 1.165) is 19.4 Å². The van der Waals surface area contributed by atoms with Crippen LogP contribution in [0.15, 0.2) is 0 Å². The zero-order valence-corrected chi connectivity index (χ0v) is 10.2. The molecule has 2 unspecified atom stereocenters. The summed E-state index contributed by atoms with van der Waals surface area (Å²) < 4.78 is 0. The van der Waals surface area contributed by atoms with Crippen LogP contribution in [-0.2, 0) is 0 Å². The van der Waals surface area contributed by atoms with Crippen molar-refractivity contribution in [2.45, 2.75) is 51.1 Å². The van der Waals surface area contributed by atoms with Crippen molar-refractivity contribution < 1.29 is 5.11 Å². The van der Waals surface area contributed by atoms with Crippen LogP contribution in [0.2, 0.25) is 0 Å². The van der Waals surface area contributed by atoms with Crippen molar-refractivity contribution in [1.29, 1.82) is 0 Å². The van der Waals surface area contributed by atoms with E-state index in [0.29, 0.717) is 18.7 Å². The third-order valence-electron chi connectivity index (χ3n) is 3.48. The summed E-state index contributed by atoms with van der Waals surface area (Å²) in [4.78, 5) is 2.43. The van der Waals surface area contributed by atoms with Crippen molar-refractivity contribution >= 4 is 0 Å². The maximum absolute atomic E-state index is 8.65. The Morgan fingerprint density at radius 2 is 2.13 bits per heavy atom. The second kappa shape index (κ2) is 7.20. The van der Waals surface area contributed by atoms with Gasteiger partial charge in [-0.05, 0) is 59.2 Å². The van der Waals surface area contributed by atoms with Gasteiger partial charge in [-0.15, -0.1) is 0 Å². The number of likely N-dealkylation sites (tertiary alicyclic amines) is 1. The van der Waals surface area contributed by atoms with Gasteiger partial charge in [0.2, 0.25) is 0 Å². The third-order valence-corrected chi connectivity index (χ3v) is 3.48. The molecule has 90 valence electrons. The second-order valence-corrected chi connectivity index (χ2v) is 4.79. The lowest BCUT2D eigenvalue weighted by molar-refractivity contribution is 0.168. The summed E-state index contributed by atoms with van der Waals surface area (Å²) in [7, 11) is 2.21. The third kappa shape index (κ3) is 4.96. The van der Waals surface area contributed by atoms with Gasteiger partial charge in [0.05, 0.1) is 0 Å². The van der Waals surface area contributed by atoms with Crippen LogP contribution in [0.1, 0.15) is 39.0 Å². The predicted molar refractivity (Wildman–Crippen MR) is 64.1 cm³/mol. The largest absolute Gasteiger partial charge is 0.396 e. The van der Waals surface area contributed by atoms with E-state index in [2.05, 4.69) is 24.2 Å². The summed E-state index contributed by atoms with van der Waals surface area (Å²) in [5, 5.41) is 12.3. The molecular formula is C12H26N2O. The molecule has 2 N–H and O–H groups in total. The monoisotopic (exact) mass is 214 g/mol. The standard InChI is InChI=1S/C12H26N2O/c1-11-10-12(6-8-14(11)2)13-7-4-3-5-9-15/h11-13,15H,3-10H2,1-2H3. The molecule has 0 bridgehead atoms. The molecule has 15 heavy (non-hydrogen) atoms. The molecule has 1 fully saturated rings. The smallest absolute Gasteiger partial charge is 0.0431 e. The van der Waals surface area contributed by atoms with Crippen LogP contribution in [0.3, 0.4) is 0 Å². The van der Waals surface area contributed by atoms with Crippen molar-refractivity contribution in [3.05, 3.63) is 0 Å². The average molecular weight is 214 g/mol. The summed E-state index contributed by atoms with van der Waals surface area (Å²) in [6, 6.07) is 1.43. The molecule has 1 heterocycles. The molecule has 0 spiro atoms. The zero-order valence-electron chi connectivity index (χ0n) is 10.2. The number of aliphatic hydroxyl groups excluding tert-OH is 1. The number of rotatable bonds is 6. The van der Waals surface area contributed by atoms with Gasteiger partial charge in [0.15, 0.2) is 0 Å². The lowest BCUT2D eigenvalue weighted by Gasteiger charge is -2.35. The van der Waals surface area contributed by atoms with E-state index in [9.17, 15) is 0 Å². The number of hydrogen-bond acceptors (Lipinski definition) is 3. The molecule has 0 radical (unpaired) electrons. The quantitative estimate of drug-likeness (QED) is 0.653. The van der Waals surface area contributed by atoms with E-state index in [1.165, 1.54) is 25.8 Å². The lowest BCUT2D eigenvalue weighted by Crippen LogP contribution is -2.45. The number of nitrogens with zero attached hydrogens (tertiary/aromatic N) is 1. The van der Waals surface area contributed by atoms with Crippen LogP contribution in [-0.4, -0.2) is 48.8 Å². The molecule has 2 atom stereocenters. The first-order chi connectivity index (χ1) is 7.24. The van der Waals surface area contributed by atoms with E-state index >= 15 is 0 Å². The highest BCUT2D eigenvalue weighted by Gasteiger charge is 2.21. The van der Waals surface area contributed by atoms with Crippen LogP contribution in [0.4, 0.5) is 0 Å². The molecular weight excluding hydrogens is 188 g/mol. The Morgan fingerprint density at radius 3 is 2.80 bits per heavy atom. The molecule has 0 saturated carbocycles. The van der Waals surface area contributed by atoms with E-state index in [4.69, 9.17) is 5.11 Å². The van der Waals surface area contributed by atoms with Gasteiger partial charge in [0.25, 0.3) is 0 Å². The van der Waals surface area contributed by atoms with E-state index < -0.39 is 0 Å². The van der Waals surface area contributed by atoms with Crippen LogP contribution in [0, 0.1) is 0 Å². The van der Waals surface area contributed by atoms with Gasteiger partial charge < -0.3 is 15.3 Å². The second-order valence-electron chi connectivity index (χ2n) is 4.79. The number of nitrogens with one attached hydrogen (secondary N) is 1. The molecule has 0 aromatic carbocycles. The Bertz CT molecular complexity index is 164. The number of aliphatic hydroxyl groups is 1. The summed E-state index contributed by atoms with van der Waals surface area (Å²) >= 11 is 0. The lowest BCUT2D eigenvalue weighted by atomic mass is 9.99. The zero-order chi connectivity index (χ0) is 11.1. The Kier molecular flexibility index (Phi) is 6.22. The molecule has 0 aromatic heterocycles. The summed E-state index contributed by atoms with van der Waals surface area (Å²) in [6.45, 7) is 4.97. The highest BCUT2D eigenvalue weighted by Crippen LogP contribution is 2.15. The Labute approximate surface area is 93.9 Å². The van der Waals surface area contributed by atoms with Gasteiger partial charge in [-0.2, -0.15) is 0 Å². The first kappa shape index (κ1) is 12.9. The fourth-order valence-electron chi connectivity index (χ4n) is 2.19. The van der Waals surface area contributed by atoms with Crippen molar-refractivity contribution in [3.63, 3.8) is 0 Å². The topological polar surface area (TPSA) is 35.5 Å². The Balaban J connectivity index is 2.02. The van der Waals surface area contributed by atoms with Gasteiger partial charge in [-0.3, -0.25) is 0 Å². The summed E-state index contributed by atoms with van der Waals surface area (Å²) in [6.07, 6.45) is 5.84. The van der Waals surface area contributed by atoms with Gasteiger partial charge in [-0.25, -0.2) is 0 Å². The molecule has 3 heteroatoms. The minimum Gasteiger partial charge on any atom is -0.396 e. The molecule has 3 nitrogen and oxygen atoms in total. The fourth-order valence-corrected chi connectivity index (χ4v) is 2.19. The van der Waals surface area contributed by atoms with Crippen molar-refractivity contribution in [2.75, 3.05) is 26.7 Å². The number of piperidine rings is 1. The first-order valence-electron chi connectivity index (χ1n) is 6.28. The molecule has 0 aromatic rings. The number of hydrogen-bond donors (Lipinski definition) is 2. The van der Waals surface area contributed by atoms with E-state index in [1.807, 2.05) is 0 Å². The van der Waals surface area contributed by atoms with Crippen molar-refractivity contribution in [2.24, 2.45) is 0 Å². The minimum atomic E-state index is 0.339. The van der Waals surface area contributed by atoms with E-state index in [1.54, 1.807) is 0 Å². The summed E-state index contributed by atoms with van der Waals surface area (Å²) in [5.74, 6) is 0. The summed E-state index contributed by atoms with van der Waals surface area (Å²) in [5.41, 5.74) is 0. The maximum atomic E-state index is 8.65. The fraction of sp³-hybridized carbons (Fsp3) is 1.00.